The first-order chi connectivity index (χ1) is 18.6. The van der Waals surface area contributed by atoms with Crippen LogP contribution in [0.5, 0.6) is 0 Å². The van der Waals surface area contributed by atoms with Crippen LogP contribution in [0.15, 0.2) is 78.4 Å². The van der Waals surface area contributed by atoms with Crippen LogP contribution in [0, 0.1) is 5.82 Å². The maximum Gasteiger partial charge on any atom is 0.243 e. The lowest BCUT2D eigenvalue weighted by molar-refractivity contribution is -0.151. The molecule has 2 fully saturated rings. The van der Waals surface area contributed by atoms with Crippen LogP contribution in [0.25, 0.3) is 16.7 Å². The van der Waals surface area contributed by atoms with Gasteiger partial charge in [0.05, 0.1) is 13.1 Å². The number of piperidine rings is 1. The third-order valence-corrected chi connectivity index (χ3v) is 8.02. The number of piperazine rings is 1. The molecule has 0 saturated carbocycles. The molecule has 194 valence electrons. The highest BCUT2D eigenvalue weighted by atomic mass is 19.1. The average Bonchev–Trinajstić information content (AvgIpc) is 3.26. The number of benzene rings is 3. The largest absolute Gasteiger partial charge is 0.303 e. The number of hydrogen-bond acceptors (Lipinski definition) is 4. The van der Waals surface area contributed by atoms with Crippen LogP contribution in [-0.2, 0) is 16.1 Å². The minimum absolute atomic E-state index is 0.143. The van der Waals surface area contributed by atoms with Gasteiger partial charge in [0.15, 0.2) is 0 Å². The van der Waals surface area contributed by atoms with E-state index in [4.69, 9.17) is 0 Å². The van der Waals surface area contributed by atoms with Crippen molar-refractivity contribution < 1.29 is 14.0 Å². The quantitative estimate of drug-likeness (QED) is 0.345. The molecular weight excluding hydrogens is 477 g/mol. The predicted octanol–water partition coefficient (Wildman–Crippen LogP) is 4.96. The normalized spacial score (nSPS) is 18.2. The highest BCUT2D eigenvalue weighted by molar-refractivity contribution is 6.02. The Kier molecular flexibility index (Phi) is 6.92. The summed E-state index contributed by atoms with van der Waals surface area (Å²) in [5.74, 6) is -0.694. The van der Waals surface area contributed by atoms with Crippen molar-refractivity contribution >= 4 is 17.4 Å². The molecular formula is C32H32FN3O2. The number of likely N-dealkylation sites (tertiary alicyclic amines) is 1. The maximum absolute atomic E-state index is 14.0. The third kappa shape index (κ3) is 4.82. The van der Waals surface area contributed by atoms with E-state index in [2.05, 4.69) is 53.4 Å². The van der Waals surface area contributed by atoms with Gasteiger partial charge in [-0.15, -0.1) is 0 Å². The molecule has 0 spiro atoms. The Balaban J connectivity index is 1.02. The zero-order valence-corrected chi connectivity index (χ0v) is 21.5. The first-order valence-electron chi connectivity index (χ1n) is 13.5. The Labute approximate surface area is 223 Å². The van der Waals surface area contributed by atoms with Gasteiger partial charge < -0.3 is 4.90 Å². The Hall–Kier alpha value is -3.61. The summed E-state index contributed by atoms with van der Waals surface area (Å²) in [5.41, 5.74) is 8.81. The molecule has 3 aromatic rings. The van der Waals surface area contributed by atoms with E-state index in [0.717, 1.165) is 38.9 Å². The van der Waals surface area contributed by atoms with Crippen LogP contribution in [0.4, 0.5) is 4.39 Å². The van der Waals surface area contributed by atoms with Gasteiger partial charge in [-0.2, -0.15) is 0 Å². The highest BCUT2D eigenvalue weighted by Crippen LogP contribution is 2.46. The second-order valence-electron chi connectivity index (χ2n) is 10.4. The molecule has 3 aromatic carbocycles. The molecule has 2 amide bonds. The van der Waals surface area contributed by atoms with E-state index in [1.165, 1.54) is 44.4 Å². The number of rotatable bonds is 6. The first-order valence-corrected chi connectivity index (χ1v) is 13.5. The summed E-state index contributed by atoms with van der Waals surface area (Å²) in [6.07, 6.45) is 2.83. The molecule has 0 N–H and O–H groups in total. The topological polar surface area (TPSA) is 43.9 Å². The molecule has 2 aliphatic heterocycles. The second-order valence-corrected chi connectivity index (χ2v) is 10.4. The van der Waals surface area contributed by atoms with E-state index in [1.54, 1.807) is 23.1 Å². The maximum atomic E-state index is 14.0. The molecule has 0 radical (unpaired) electrons. The molecule has 0 unspecified atom stereocenters. The van der Waals surface area contributed by atoms with Crippen LogP contribution in [-0.4, -0.2) is 65.8 Å². The summed E-state index contributed by atoms with van der Waals surface area (Å²) in [4.78, 5) is 31.0. The third-order valence-electron chi connectivity index (χ3n) is 8.02. The Bertz CT molecular complexity index is 1340. The lowest BCUT2D eigenvalue weighted by Crippen LogP contribution is -2.54. The molecule has 2 saturated heterocycles. The fraction of sp³-hybridized carbons (Fsp3) is 0.312. The number of imide groups is 1. The van der Waals surface area contributed by atoms with Gasteiger partial charge in [-0.25, -0.2) is 4.39 Å². The Morgan fingerprint density at radius 3 is 1.82 bits per heavy atom. The van der Waals surface area contributed by atoms with E-state index in [9.17, 15) is 14.0 Å². The van der Waals surface area contributed by atoms with Gasteiger partial charge in [0.1, 0.15) is 5.82 Å². The molecule has 6 heteroatoms. The summed E-state index contributed by atoms with van der Waals surface area (Å²) < 4.78 is 14.0. The van der Waals surface area contributed by atoms with Crippen molar-refractivity contribution in [1.29, 1.82) is 0 Å². The molecule has 0 atom stereocenters. The van der Waals surface area contributed by atoms with Crippen molar-refractivity contribution in [1.82, 2.24) is 14.7 Å². The number of carbonyl (C=O) groups excluding carboxylic acids is 2. The summed E-state index contributed by atoms with van der Waals surface area (Å²) in [7, 11) is 0. The van der Waals surface area contributed by atoms with Gasteiger partial charge in [0.2, 0.25) is 11.8 Å². The number of carbonyl (C=O) groups is 2. The molecule has 0 aromatic heterocycles. The summed E-state index contributed by atoms with van der Waals surface area (Å²) in [6, 6.07) is 23.9. The lowest BCUT2D eigenvalue weighted by Gasteiger charge is -2.34. The van der Waals surface area contributed by atoms with E-state index in [-0.39, 0.29) is 37.3 Å². The van der Waals surface area contributed by atoms with Crippen LogP contribution < -0.4 is 0 Å². The molecule has 5 nitrogen and oxygen atoms in total. The van der Waals surface area contributed by atoms with E-state index < -0.39 is 0 Å². The highest BCUT2D eigenvalue weighted by Gasteiger charge is 2.31. The SMILES string of the molecule is O=C1CN(Cc2ccccc2F)CC(=O)N1CCCN1CCC(=C2c3ccccc3-c3ccccc32)CC1. The fourth-order valence-electron chi connectivity index (χ4n) is 6.12. The van der Waals surface area contributed by atoms with E-state index in [1.807, 2.05) is 0 Å². The fourth-order valence-corrected chi connectivity index (χ4v) is 6.12. The van der Waals surface area contributed by atoms with E-state index >= 15 is 0 Å². The number of amides is 2. The average molecular weight is 510 g/mol. The summed E-state index contributed by atoms with van der Waals surface area (Å²) in [5, 5.41) is 0. The molecule has 0 bridgehead atoms. The molecule has 1 aliphatic carbocycles. The minimum atomic E-state index is -0.309. The second kappa shape index (κ2) is 10.6. The predicted molar refractivity (Wildman–Crippen MR) is 147 cm³/mol. The zero-order valence-electron chi connectivity index (χ0n) is 21.5. The van der Waals surface area contributed by atoms with Crippen molar-refractivity contribution in [2.24, 2.45) is 0 Å². The van der Waals surface area contributed by atoms with Crippen molar-refractivity contribution in [3.05, 3.63) is 101 Å². The Morgan fingerprint density at radius 1 is 0.658 bits per heavy atom. The minimum Gasteiger partial charge on any atom is -0.303 e. The van der Waals surface area contributed by atoms with Crippen molar-refractivity contribution in [2.45, 2.75) is 25.8 Å². The van der Waals surface area contributed by atoms with Gasteiger partial charge in [0.25, 0.3) is 0 Å². The Morgan fingerprint density at radius 2 is 1.21 bits per heavy atom. The number of halogens is 1. The lowest BCUT2D eigenvalue weighted by atomic mass is 9.91. The first kappa shape index (κ1) is 24.7. The number of fused-ring (bicyclic) bond motifs is 3. The van der Waals surface area contributed by atoms with E-state index in [0.29, 0.717) is 12.1 Å². The van der Waals surface area contributed by atoms with Crippen LogP contribution >= 0.6 is 0 Å². The summed E-state index contributed by atoms with van der Waals surface area (Å²) >= 11 is 0. The van der Waals surface area contributed by atoms with Gasteiger partial charge in [-0.3, -0.25) is 19.4 Å². The van der Waals surface area contributed by atoms with Crippen LogP contribution in [0.2, 0.25) is 0 Å². The number of nitrogens with zero attached hydrogens (tertiary/aromatic N) is 3. The monoisotopic (exact) mass is 509 g/mol. The number of hydrogen-bond donors (Lipinski definition) is 0. The summed E-state index contributed by atoms with van der Waals surface area (Å²) in [6.45, 7) is 3.83. The van der Waals surface area contributed by atoms with Gasteiger partial charge in [-0.1, -0.05) is 72.3 Å². The van der Waals surface area contributed by atoms with Gasteiger partial charge >= 0.3 is 0 Å². The molecule has 3 aliphatic rings. The van der Waals surface area contributed by atoms with Crippen LogP contribution in [0.1, 0.15) is 36.0 Å². The van der Waals surface area contributed by atoms with Crippen molar-refractivity contribution in [2.75, 3.05) is 39.3 Å². The van der Waals surface area contributed by atoms with Gasteiger partial charge in [0, 0.05) is 31.7 Å². The standard InChI is InChI=1S/C32H32FN3O2/c33-29-13-6-1-8-24(29)20-35-21-30(37)36(31(38)22-35)17-7-16-34-18-14-23(15-19-34)32-27-11-4-2-9-25(27)26-10-3-5-12-28(26)32/h1-6,8-13H,7,14-22H2. The van der Waals surface area contributed by atoms with Crippen LogP contribution in [0.3, 0.4) is 0 Å². The van der Waals surface area contributed by atoms with Crippen molar-refractivity contribution in [3.8, 4) is 11.1 Å². The van der Waals surface area contributed by atoms with Crippen molar-refractivity contribution in [3.63, 3.8) is 0 Å². The molecule has 6 rings (SSSR count). The van der Waals surface area contributed by atoms with Gasteiger partial charge in [-0.05, 0) is 59.7 Å². The zero-order chi connectivity index (χ0) is 26.1. The molecule has 2 heterocycles. The smallest absolute Gasteiger partial charge is 0.243 e. The molecule has 38 heavy (non-hydrogen) atoms.